The van der Waals surface area contributed by atoms with E-state index >= 15 is 0 Å². The highest BCUT2D eigenvalue weighted by Gasteiger charge is 2.20. The lowest BCUT2D eigenvalue weighted by molar-refractivity contribution is 0.0576. The quantitative estimate of drug-likeness (QED) is 0.871. The molecule has 1 atom stereocenters. The summed E-state index contributed by atoms with van der Waals surface area (Å²) in [5.74, 6) is 1.55. The van der Waals surface area contributed by atoms with Gasteiger partial charge in [0.2, 0.25) is 0 Å². The van der Waals surface area contributed by atoms with Crippen LogP contribution in [0.5, 0.6) is 5.75 Å². The lowest BCUT2D eigenvalue weighted by Gasteiger charge is -2.27. The second-order valence-corrected chi connectivity index (χ2v) is 5.00. The third-order valence-corrected chi connectivity index (χ3v) is 3.80. The maximum Gasteiger partial charge on any atom is 0.118 e. The Morgan fingerprint density at radius 1 is 1.28 bits per heavy atom. The summed E-state index contributed by atoms with van der Waals surface area (Å²) in [5.41, 5.74) is 7.60. The second-order valence-electron chi connectivity index (χ2n) is 5.00. The number of nitrogens with two attached hydrogens (primary N) is 1. The summed E-state index contributed by atoms with van der Waals surface area (Å²) >= 11 is 0. The van der Waals surface area contributed by atoms with Crippen LogP contribution < -0.4 is 10.5 Å². The maximum absolute atomic E-state index is 6.27. The Hall–Kier alpha value is -1.06. The molecule has 1 aromatic carbocycles. The van der Waals surface area contributed by atoms with Gasteiger partial charge < -0.3 is 15.2 Å². The van der Waals surface area contributed by atoms with Gasteiger partial charge in [0, 0.05) is 19.3 Å². The number of rotatable bonds is 5. The predicted molar refractivity (Wildman–Crippen MR) is 72.8 cm³/mol. The van der Waals surface area contributed by atoms with Crippen molar-refractivity contribution in [2.24, 2.45) is 11.7 Å². The summed E-state index contributed by atoms with van der Waals surface area (Å²) in [6.07, 6.45) is 4.33. The van der Waals surface area contributed by atoms with E-state index in [9.17, 15) is 0 Å². The number of ether oxygens (including phenoxy) is 2. The normalized spacial score (nSPS) is 18.6. The Bertz CT molecular complexity index is 344. The zero-order valence-corrected chi connectivity index (χ0v) is 11.1. The fraction of sp³-hybridized carbons (Fsp3) is 0.600. The van der Waals surface area contributed by atoms with Crippen molar-refractivity contribution in [3.8, 4) is 5.75 Å². The fourth-order valence-electron chi connectivity index (χ4n) is 2.51. The summed E-state index contributed by atoms with van der Waals surface area (Å²) in [7, 11) is 1.69. The molecule has 1 aromatic rings. The average Bonchev–Trinajstić information content (AvgIpc) is 2.46. The van der Waals surface area contributed by atoms with Crippen LogP contribution >= 0.6 is 0 Å². The Kier molecular flexibility index (Phi) is 5.02. The molecule has 0 radical (unpaired) electrons. The van der Waals surface area contributed by atoms with Gasteiger partial charge in [0.25, 0.3) is 0 Å². The van der Waals surface area contributed by atoms with Crippen LogP contribution in [0.15, 0.2) is 24.3 Å². The molecule has 1 heterocycles. The highest BCUT2D eigenvalue weighted by molar-refractivity contribution is 5.27. The van der Waals surface area contributed by atoms with Gasteiger partial charge in [-0.25, -0.2) is 0 Å². The van der Waals surface area contributed by atoms with Crippen LogP contribution in [0.1, 0.15) is 24.8 Å². The van der Waals surface area contributed by atoms with Crippen LogP contribution in [0.25, 0.3) is 0 Å². The minimum absolute atomic E-state index is 0.302. The maximum atomic E-state index is 6.27. The van der Waals surface area contributed by atoms with E-state index in [2.05, 4.69) is 12.1 Å². The van der Waals surface area contributed by atoms with Crippen molar-refractivity contribution in [3.05, 3.63) is 29.8 Å². The lowest BCUT2D eigenvalue weighted by Crippen LogP contribution is -2.34. The molecule has 1 aliphatic heterocycles. The molecule has 0 spiro atoms. The molecule has 1 saturated heterocycles. The molecule has 18 heavy (non-hydrogen) atoms. The molecular formula is C15H23NO2. The van der Waals surface area contributed by atoms with Gasteiger partial charge in [-0.15, -0.1) is 0 Å². The first-order valence-electron chi connectivity index (χ1n) is 6.76. The van der Waals surface area contributed by atoms with Crippen LogP contribution in [0.3, 0.4) is 0 Å². The first kappa shape index (κ1) is 13.4. The first-order valence-corrected chi connectivity index (χ1v) is 6.76. The average molecular weight is 249 g/mol. The Balaban J connectivity index is 1.78. The van der Waals surface area contributed by atoms with E-state index < -0.39 is 0 Å². The van der Waals surface area contributed by atoms with Crippen molar-refractivity contribution in [1.82, 2.24) is 0 Å². The molecule has 0 aromatic heterocycles. The zero-order valence-electron chi connectivity index (χ0n) is 11.1. The van der Waals surface area contributed by atoms with Crippen LogP contribution in [0, 0.1) is 5.92 Å². The Labute approximate surface area is 109 Å². The molecule has 3 heteroatoms. The number of aryl methyl sites for hydroxylation is 1. The Morgan fingerprint density at radius 3 is 2.56 bits per heavy atom. The highest BCUT2D eigenvalue weighted by atomic mass is 16.5. The van der Waals surface area contributed by atoms with E-state index in [1.54, 1.807) is 7.11 Å². The monoisotopic (exact) mass is 249 g/mol. The predicted octanol–water partition coefficient (Wildman–Crippen LogP) is 2.38. The highest BCUT2D eigenvalue weighted by Crippen LogP contribution is 2.21. The van der Waals surface area contributed by atoms with Gasteiger partial charge in [-0.1, -0.05) is 12.1 Å². The van der Waals surface area contributed by atoms with Gasteiger partial charge in [-0.3, -0.25) is 0 Å². The molecule has 2 N–H and O–H groups in total. The first-order chi connectivity index (χ1) is 8.79. The van der Waals surface area contributed by atoms with Crippen molar-refractivity contribution < 1.29 is 9.47 Å². The van der Waals surface area contributed by atoms with Gasteiger partial charge >= 0.3 is 0 Å². The van der Waals surface area contributed by atoms with Crippen molar-refractivity contribution in [1.29, 1.82) is 0 Å². The summed E-state index contributed by atoms with van der Waals surface area (Å²) < 4.78 is 10.5. The summed E-state index contributed by atoms with van der Waals surface area (Å²) in [6, 6.07) is 8.56. The summed E-state index contributed by atoms with van der Waals surface area (Å²) in [4.78, 5) is 0. The van der Waals surface area contributed by atoms with Crippen LogP contribution in [-0.4, -0.2) is 26.4 Å². The lowest BCUT2D eigenvalue weighted by atomic mass is 9.88. The molecule has 0 saturated carbocycles. The number of methoxy groups -OCH3 is 1. The van der Waals surface area contributed by atoms with Crippen molar-refractivity contribution in [2.75, 3.05) is 20.3 Å². The van der Waals surface area contributed by atoms with Crippen LogP contribution in [0.4, 0.5) is 0 Å². The van der Waals surface area contributed by atoms with E-state index in [1.165, 1.54) is 5.56 Å². The zero-order chi connectivity index (χ0) is 12.8. The minimum atomic E-state index is 0.302. The molecule has 1 unspecified atom stereocenters. The molecule has 2 rings (SSSR count). The van der Waals surface area contributed by atoms with Gasteiger partial charge in [0.05, 0.1) is 7.11 Å². The molecule has 0 bridgehead atoms. The smallest absolute Gasteiger partial charge is 0.118 e. The molecule has 0 aliphatic carbocycles. The molecule has 100 valence electrons. The summed E-state index contributed by atoms with van der Waals surface area (Å²) in [6.45, 7) is 1.75. The van der Waals surface area contributed by atoms with Gasteiger partial charge in [0.1, 0.15) is 5.75 Å². The molecule has 3 nitrogen and oxygen atoms in total. The summed E-state index contributed by atoms with van der Waals surface area (Å²) in [5, 5.41) is 0. The third kappa shape index (κ3) is 3.72. The van der Waals surface area contributed by atoms with Crippen molar-refractivity contribution in [2.45, 2.75) is 31.7 Å². The van der Waals surface area contributed by atoms with E-state index in [4.69, 9.17) is 15.2 Å². The third-order valence-electron chi connectivity index (χ3n) is 3.80. The number of benzene rings is 1. The number of hydrogen-bond donors (Lipinski definition) is 1. The Morgan fingerprint density at radius 2 is 1.94 bits per heavy atom. The SMILES string of the molecule is COc1ccc(CCC(N)C2CCOCC2)cc1. The van der Waals surface area contributed by atoms with Gasteiger partial charge in [-0.2, -0.15) is 0 Å². The van der Waals surface area contributed by atoms with E-state index in [0.717, 1.165) is 44.6 Å². The molecular weight excluding hydrogens is 226 g/mol. The second kappa shape index (κ2) is 6.76. The topological polar surface area (TPSA) is 44.5 Å². The molecule has 1 fully saturated rings. The number of hydrogen-bond acceptors (Lipinski definition) is 3. The standard InChI is InChI=1S/C15H23NO2/c1-17-14-5-2-12(3-6-14)4-7-15(16)13-8-10-18-11-9-13/h2-3,5-6,13,15H,4,7-11,16H2,1H3. The van der Waals surface area contributed by atoms with Gasteiger partial charge in [-0.05, 0) is 49.3 Å². The van der Waals surface area contributed by atoms with E-state index in [0.29, 0.717) is 12.0 Å². The fourth-order valence-corrected chi connectivity index (χ4v) is 2.51. The minimum Gasteiger partial charge on any atom is -0.497 e. The van der Waals surface area contributed by atoms with Crippen LogP contribution in [-0.2, 0) is 11.2 Å². The van der Waals surface area contributed by atoms with Crippen LogP contribution in [0.2, 0.25) is 0 Å². The largest absolute Gasteiger partial charge is 0.497 e. The molecule has 1 aliphatic rings. The van der Waals surface area contributed by atoms with Gasteiger partial charge in [0.15, 0.2) is 0 Å². The molecule has 0 amide bonds. The van der Waals surface area contributed by atoms with Crippen molar-refractivity contribution >= 4 is 0 Å². The van der Waals surface area contributed by atoms with E-state index in [1.807, 2.05) is 12.1 Å². The van der Waals surface area contributed by atoms with Crippen molar-refractivity contribution in [3.63, 3.8) is 0 Å². The van der Waals surface area contributed by atoms with E-state index in [-0.39, 0.29) is 0 Å².